The summed E-state index contributed by atoms with van der Waals surface area (Å²) in [7, 11) is -2.06. The molecule has 1 aliphatic rings. The number of thiophene rings is 1. The van der Waals surface area contributed by atoms with Gasteiger partial charge in [-0.1, -0.05) is 44.2 Å². The van der Waals surface area contributed by atoms with Crippen LogP contribution in [0.15, 0.2) is 46.7 Å². The minimum atomic E-state index is -3.44. The largest absolute Gasteiger partial charge is 0.333 e. The van der Waals surface area contributed by atoms with Crippen molar-refractivity contribution in [2.24, 2.45) is 5.41 Å². The Morgan fingerprint density at radius 2 is 1.92 bits per heavy atom. The number of sulfonamides is 1. The Kier molecular flexibility index (Phi) is 5.09. The van der Waals surface area contributed by atoms with Gasteiger partial charge in [0.2, 0.25) is 10.0 Å². The minimum absolute atomic E-state index is 0.0235. The Bertz CT molecular complexity index is 891. The molecule has 2 heterocycles. The van der Waals surface area contributed by atoms with E-state index in [4.69, 9.17) is 0 Å². The van der Waals surface area contributed by atoms with Crippen molar-refractivity contribution in [1.29, 1.82) is 0 Å². The van der Waals surface area contributed by atoms with E-state index in [0.717, 1.165) is 21.8 Å². The molecule has 3 rings (SSSR count). The van der Waals surface area contributed by atoms with E-state index in [0.29, 0.717) is 13.1 Å². The first-order valence-corrected chi connectivity index (χ1v) is 10.7. The Balaban J connectivity index is 1.66. The van der Waals surface area contributed by atoms with E-state index in [2.05, 4.69) is 23.9 Å². The quantitative estimate of drug-likeness (QED) is 0.820. The molecular formula is C18H23N3O3S2. The van der Waals surface area contributed by atoms with Gasteiger partial charge in [0.15, 0.2) is 0 Å². The number of nitrogens with zero attached hydrogens (tertiary/aromatic N) is 1. The molecule has 0 aliphatic carbocycles. The molecule has 1 aliphatic heterocycles. The third kappa shape index (κ3) is 3.62. The van der Waals surface area contributed by atoms with E-state index >= 15 is 0 Å². The van der Waals surface area contributed by atoms with Crippen LogP contribution in [-0.4, -0.2) is 32.9 Å². The summed E-state index contributed by atoms with van der Waals surface area (Å²) in [6.07, 6.45) is 0. The van der Waals surface area contributed by atoms with Gasteiger partial charge in [0, 0.05) is 16.8 Å². The van der Waals surface area contributed by atoms with Crippen LogP contribution < -0.4 is 10.0 Å². The number of urea groups is 1. The first-order valence-electron chi connectivity index (χ1n) is 8.36. The Morgan fingerprint density at radius 1 is 1.23 bits per heavy atom. The number of hydrogen-bond donors (Lipinski definition) is 2. The lowest BCUT2D eigenvalue weighted by atomic mass is 9.72. The van der Waals surface area contributed by atoms with Gasteiger partial charge in [0.05, 0.1) is 12.6 Å². The summed E-state index contributed by atoms with van der Waals surface area (Å²) in [5.74, 6) is 0. The third-order valence-corrected chi connectivity index (χ3v) is 7.58. The summed E-state index contributed by atoms with van der Waals surface area (Å²) < 4.78 is 26.1. The summed E-state index contributed by atoms with van der Waals surface area (Å²) in [6.45, 7) is 5.30. The normalized spacial score (nSPS) is 19.0. The minimum Gasteiger partial charge on any atom is -0.333 e. The zero-order valence-corrected chi connectivity index (χ0v) is 16.7. The maximum absolute atomic E-state index is 12.6. The molecule has 26 heavy (non-hydrogen) atoms. The van der Waals surface area contributed by atoms with Gasteiger partial charge < -0.3 is 10.2 Å². The Labute approximate surface area is 158 Å². The van der Waals surface area contributed by atoms with Crippen LogP contribution in [0.2, 0.25) is 0 Å². The fourth-order valence-electron chi connectivity index (χ4n) is 3.34. The number of carbonyl (C=O) groups excluding carboxylic acids is 1. The standard InChI is InChI=1S/C18H23N3O3S2/c1-18(2)12-21(16(18)13-7-5-4-6-8-13)17(22)20-11-14-9-10-15(25-14)26(23,24)19-3/h4-10,16,19H,11-12H2,1-3H3,(H,20,22). The molecule has 1 aromatic carbocycles. The highest BCUT2D eigenvalue weighted by atomic mass is 32.2. The summed E-state index contributed by atoms with van der Waals surface area (Å²) in [6, 6.07) is 13.2. The molecule has 140 valence electrons. The smallest absolute Gasteiger partial charge is 0.318 e. The van der Waals surface area contributed by atoms with Crippen molar-refractivity contribution in [2.75, 3.05) is 13.6 Å². The number of amides is 2. The van der Waals surface area contributed by atoms with Crippen LogP contribution in [0, 0.1) is 5.41 Å². The number of likely N-dealkylation sites (tertiary alicyclic amines) is 1. The molecule has 0 radical (unpaired) electrons. The molecule has 6 nitrogen and oxygen atoms in total. The first kappa shape index (κ1) is 18.9. The first-order chi connectivity index (χ1) is 12.2. The summed E-state index contributed by atoms with van der Waals surface area (Å²) in [4.78, 5) is 15.2. The van der Waals surface area contributed by atoms with E-state index < -0.39 is 10.0 Å². The monoisotopic (exact) mass is 393 g/mol. The van der Waals surface area contributed by atoms with Gasteiger partial charge in [0.25, 0.3) is 0 Å². The zero-order chi connectivity index (χ0) is 18.9. The molecule has 2 amide bonds. The van der Waals surface area contributed by atoms with Crippen molar-refractivity contribution >= 4 is 27.4 Å². The van der Waals surface area contributed by atoms with E-state index in [9.17, 15) is 13.2 Å². The Hall–Kier alpha value is -1.90. The molecule has 2 aromatic rings. The topological polar surface area (TPSA) is 78.5 Å². The maximum atomic E-state index is 12.6. The average molecular weight is 394 g/mol. The lowest BCUT2D eigenvalue weighted by Crippen LogP contribution is -2.60. The number of rotatable bonds is 5. The summed E-state index contributed by atoms with van der Waals surface area (Å²) >= 11 is 1.16. The van der Waals surface area contributed by atoms with Gasteiger partial charge in [-0.2, -0.15) is 0 Å². The van der Waals surface area contributed by atoms with Crippen LogP contribution in [-0.2, 0) is 16.6 Å². The molecular weight excluding hydrogens is 370 g/mol. The van der Waals surface area contributed by atoms with Crippen LogP contribution in [0.3, 0.4) is 0 Å². The number of benzene rings is 1. The second-order valence-corrected chi connectivity index (χ2v) is 10.3. The molecule has 0 saturated carbocycles. The van der Waals surface area contributed by atoms with Crippen molar-refractivity contribution in [2.45, 2.75) is 30.6 Å². The maximum Gasteiger partial charge on any atom is 0.318 e. The highest BCUT2D eigenvalue weighted by molar-refractivity contribution is 7.91. The van der Waals surface area contributed by atoms with Gasteiger partial charge in [-0.25, -0.2) is 17.9 Å². The molecule has 1 atom stereocenters. The van der Waals surface area contributed by atoms with E-state index in [-0.39, 0.29) is 21.7 Å². The van der Waals surface area contributed by atoms with Crippen molar-refractivity contribution in [3.05, 3.63) is 52.9 Å². The molecule has 8 heteroatoms. The lowest BCUT2D eigenvalue weighted by Gasteiger charge is -2.54. The second-order valence-electron chi connectivity index (χ2n) is 7.02. The van der Waals surface area contributed by atoms with Crippen molar-refractivity contribution in [3.63, 3.8) is 0 Å². The van der Waals surface area contributed by atoms with Crippen LogP contribution in [0.5, 0.6) is 0 Å². The molecule has 1 fully saturated rings. The van der Waals surface area contributed by atoms with Gasteiger partial charge in [0.1, 0.15) is 4.21 Å². The van der Waals surface area contributed by atoms with Crippen molar-refractivity contribution < 1.29 is 13.2 Å². The van der Waals surface area contributed by atoms with Crippen LogP contribution in [0.25, 0.3) is 0 Å². The molecule has 1 saturated heterocycles. The van der Waals surface area contributed by atoms with Crippen LogP contribution in [0.4, 0.5) is 4.79 Å². The van der Waals surface area contributed by atoms with E-state index in [1.54, 1.807) is 12.1 Å². The van der Waals surface area contributed by atoms with Gasteiger partial charge in [-0.05, 0) is 24.7 Å². The average Bonchev–Trinajstić information content (AvgIpc) is 3.08. The van der Waals surface area contributed by atoms with E-state index in [1.165, 1.54) is 7.05 Å². The number of hydrogen-bond acceptors (Lipinski definition) is 4. The van der Waals surface area contributed by atoms with Crippen molar-refractivity contribution in [1.82, 2.24) is 14.9 Å². The summed E-state index contributed by atoms with van der Waals surface area (Å²) in [5.41, 5.74) is 1.15. The number of nitrogens with one attached hydrogen (secondary N) is 2. The zero-order valence-electron chi connectivity index (χ0n) is 15.0. The Morgan fingerprint density at radius 3 is 2.54 bits per heavy atom. The molecule has 1 unspecified atom stereocenters. The SMILES string of the molecule is CNS(=O)(=O)c1ccc(CNC(=O)N2CC(C)(C)C2c2ccccc2)s1. The summed E-state index contributed by atoms with van der Waals surface area (Å²) in [5, 5.41) is 2.90. The fraction of sp³-hybridized carbons (Fsp3) is 0.389. The highest BCUT2D eigenvalue weighted by Gasteiger charge is 2.48. The van der Waals surface area contributed by atoms with Crippen molar-refractivity contribution in [3.8, 4) is 0 Å². The predicted molar refractivity (Wildman–Crippen MR) is 102 cm³/mol. The van der Waals surface area contributed by atoms with Gasteiger partial charge in [-0.3, -0.25) is 0 Å². The lowest BCUT2D eigenvalue weighted by molar-refractivity contribution is -0.0165. The fourth-order valence-corrected chi connectivity index (χ4v) is 5.48. The molecule has 1 aromatic heterocycles. The predicted octanol–water partition coefficient (Wildman–Crippen LogP) is 2.95. The number of carbonyl (C=O) groups is 1. The van der Waals surface area contributed by atoms with Crippen LogP contribution >= 0.6 is 11.3 Å². The molecule has 0 bridgehead atoms. The second kappa shape index (κ2) is 7.02. The van der Waals surface area contributed by atoms with Crippen LogP contribution in [0.1, 0.15) is 30.3 Å². The molecule has 2 N–H and O–H groups in total. The highest BCUT2D eigenvalue weighted by Crippen LogP contribution is 2.48. The van der Waals surface area contributed by atoms with Gasteiger partial charge >= 0.3 is 6.03 Å². The van der Waals surface area contributed by atoms with E-state index in [1.807, 2.05) is 35.2 Å². The molecule has 0 spiro atoms. The van der Waals surface area contributed by atoms with Gasteiger partial charge in [-0.15, -0.1) is 11.3 Å². The third-order valence-electron chi connectivity index (χ3n) is 4.59.